The molecule has 2 rings (SSSR count). The van der Waals surface area contributed by atoms with Gasteiger partial charge in [0.25, 0.3) is 0 Å². The fourth-order valence-electron chi connectivity index (χ4n) is 1.92. The number of rotatable bonds is 3. The first kappa shape index (κ1) is 10.9. The number of carbonyl (C=O) groups excluding carboxylic acids is 1. The standard InChI is InChI=1S/C11H14FN3O/c12-9-3-1-8(2-4-9)10-7-14-11(16)15(10)6-5-13/h1-4,10H,5-7,13H2,(H,14,16). The van der Waals surface area contributed by atoms with E-state index < -0.39 is 0 Å². The van der Waals surface area contributed by atoms with E-state index in [0.29, 0.717) is 19.6 Å². The van der Waals surface area contributed by atoms with Gasteiger partial charge in [0.15, 0.2) is 0 Å². The molecule has 1 fully saturated rings. The Bertz CT molecular complexity index is 379. The molecule has 16 heavy (non-hydrogen) atoms. The van der Waals surface area contributed by atoms with Gasteiger partial charge >= 0.3 is 6.03 Å². The van der Waals surface area contributed by atoms with Crippen LogP contribution in [0, 0.1) is 5.82 Å². The highest BCUT2D eigenvalue weighted by atomic mass is 19.1. The fraction of sp³-hybridized carbons (Fsp3) is 0.364. The number of urea groups is 1. The van der Waals surface area contributed by atoms with Gasteiger partial charge in [-0.05, 0) is 17.7 Å². The van der Waals surface area contributed by atoms with E-state index in [9.17, 15) is 9.18 Å². The van der Waals surface area contributed by atoms with Gasteiger partial charge < -0.3 is 16.0 Å². The van der Waals surface area contributed by atoms with E-state index in [1.165, 1.54) is 12.1 Å². The highest BCUT2D eigenvalue weighted by Crippen LogP contribution is 2.23. The molecule has 1 unspecified atom stereocenters. The van der Waals surface area contributed by atoms with Crippen LogP contribution in [0.15, 0.2) is 24.3 Å². The van der Waals surface area contributed by atoms with Crippen molar-refractivity contribution in [1.82, 2.24) is 10.2 Å². The van der Waals surface area contributed by atoms with Crippen LogP contribution < -0.4 is 11.1 Å². The molecule has 0 aromatic heterocycles. The van der Waals surface area contributed by atoms with Gasteiger partial charge in [0.1, 0.15) is 5.82 Å². The molecule has 1 aliphatic rings. The number of carbonyl (C=O) groups is 1. The van der Waals surface area contributed by atoms with E-state index in [1.54, 1.807) is 17.0 Å². The molecule has 2 amide bonds. The van der Waals surface area contributed by atoms with E-state index >= 15 is 0 Å². The van der Waals surface area contributed by atoms with Gasteiger partial charge in [-0.1, -0.05) is 12.1 Å². The molecule has 1 heterocycles. The maximum absolute atomic E-state index is 12.8. The number of nitrogens with zero attached hydrogens (tertiary/aromatic N) is 1. The topological polar surface area (TPSA) is 58.4 Å². The summed E-state index contributed by atoms with van der Waals surface area (Å²) in [6, 6.07) is 6.04. The number of nitrogens with two attached hydrogens (primary N) is 1. The third kappa shape index (κ3) is 1.99. The number of hydrogen-bond acceptors (Lipinski definition) is 2. The lowest BCUT2D eigenvalue weighted by Crippen LogP contribution is -2.34. The van der Waals surface area contributed by atoms with E-state index in [4.69, 9.17) is 5.73 Å². The monoisotopic (exact) mass is 223 g/mol. The highest BCUT2D eigenvalue weighted by molar-refractivity contribution is 5.77. The lowest BCUT2D eigenvalue weighted by atomic mass is 10.1. The molecule has 4 nitrogen and oxygen atoms in total. The Kier molecular flexibility index (Phi) is 3.05. The van der Waals surface area contributed by atoms with E-state index in [2.05, 4.69) is 5.32 Å². The Morgan fingerprint density at radius 3 is 2.75 bits per heavy atom. The second-order valence-corrected chi connectivity index (χ2v) is 3.74. The largest absolute Gasteiger partial charge is 0.336 e. The predicted octanol–water partition coefficient (Wildman–Crippen LogP) is 0.851. The van der Waals surface area contributed by atoms with Crippen molar-refractivity contribution in [2.24, 2.45) is 5.73 Å². The molecule has 1 aromatic carbocycles. The van der Waals surface area contributed by atoms with Gasteiger partial charge in [0.2, 0.25) is 0 Å². The number of halogens is 1. The molecule has 5 heteroatoms. The number of amides is 2. The minimum Gasteiger partial charge on any atom is -0.336 e. The van der Waals surface area contributed by atoms with Crippen LogP contribution in [0.3, 0.4) is 0 Å². The summed E-state index contributed by atoms with van der Waals surface area (Å²) >= 11 is 0. The SMILES string of the molecule is NCCN1C(=O)NCC1c1ccc(F)cc1. The molecule has 3 N–H and O–H groups in total. The molecule has 1 saturated heterocycles. The van der Waals surface area contributed by atoms with Crippen LogP contribution in [0.1, 0.15) is 11.6 Å². The van der Waals surface area contributed by atoms with Gasteiger partial charge in [-0.15, -0.1) is 0 Å². The zero-order valence-corrected chi connectivity index (χ0v) is 8.82. The van der Waals surface area contributed by atoms with Crippen LogP contribution in [0.5, 0.6) is 0 Å². The van der Waals surface area contributed by atoms with Crippen molar-refractivity contribution in [3.05, 3.63) is 35.6 Å². The van der Waals surface area contributed by atoms with Crippen LogP contribution in [0.25, 0.3) is 0 Å². The minimum absolute atomic E-state index is 0.0448. The first-order valence-electron chi connectivity index (χ1n) is 5.22. The van der Waals surface area contributed by atoms with Crippen LogP contribution in [-0.4, -0.2) is 30.6 Å². The average molecular weight is 223 g/mol. The quantitative estimate of drug-likeness (QED) is 0.798. The Morgan fingerprint density at radius 1 is 1.44 bits per heavy atom. The summed E-state index contributed by atoms with van der Waals surface area (Å²) in [5.74, 6) is -0.272. The van der Waals surface area contributed by atoms with Crippen molar-refractivity contribution >= 4 is 6.03 Å². The van der Waals surface area contributed by atoms with Crippen molar-refractivity contribution in [2.75, 3.05) is 19.6 Å². The Hall–Kier alpha value is -1.62. The minimum atomic E-state index is -0.272. The molecule has 86 valence electrons. The highest BCUT2D eigenvalue weighted by Gasteiger charge is 2.30. The van der Waals surface area contributed by atoms with Crippen molar-refractivity contribution in [1.29, 1.82) is 0 Å². The second-order valence-electron chi connectivity index (χ2n) is 3.74. The third-order valence-electron chi connectivity index (χ3n) is 2.71. The fourth-order valence-corrected chi connectivity index (χ4v) is 1.92. The summed E-state index contributed by atoms with van der Waals surface area (Å²) in [5.41, 5.74) is 6.38. The van der Waals surface area contributed by atoms with Gasteiger partial charge in [0.05, 0.1) is 6.04 Å². The first-order chi connectivity index (χ1) is 7.72. The summed E-state index contributed by atoms with van der Waals surface area (Å²) in [7, 11) is 0. The van der Waals surface area contributed by atoms with Gasteiger partial charge in [0, 0.05) is 19.6 Å². The third-order valence-corrected chi connectivity index (χ3v) is 2.71. The molecular formula is C11H14FN3O. The maximum Gasteiger partial charge on any atom is 0.318 e. The van der Waals surface area contributed by atoms with Crippen LogP contribution in [-0.2, 0) is 0 Å². The van der Waals surface area contributed by atoms with E-state index in [0.717, 1.165) is 5.56 Å². The number of benzene rings is 1. The van der Waals surface area contributed by atoms with Crippen molar-refractivity contribution in [3.8, 4) is 0 Å². The van der Waals surface area contributed by atoms with Gasteiger partial charge in [-0.25, -0.2) is 9.18 Å². The van der Waals surface area contributed by atoms with Crippen molar-refractivity contribution < 1.29 is 9.18 Å². The van der Waals surface area contributed by atoms with E-state index in [1.807, 2.05) is 0 Å². The van der Waals surface area contributed by atoms with Crippen LogP contribution in [0.2, 0.25) is 0 Å². The molecule has 0 aliphatic carbocycles. The zero-order chi connectivity index (χ0) is 11.5. The molecule has 1 atom stereocenters. The number of nitrogens with one attached hydrogen (secondary N) is 1. The summed E-state index contributed by atoms with van der Waals surface area (Å²) < 4.78 is 12.8. The first-order valence-corrected chi connectivity index (χ1v) is 5.22. The van der Waals surface area contributed by atoms with E-state index in [-0.39, 0.29) is 17.9 Å². The Labute approximate surface area is 93.2 Å². The van der Waals surface area contributed by atoms with Crippen LogP contribution >= 0.6 is 0 Å². The lowest BCUT2D eigenvalue weighted by Gasteiger charge is -2.22. The molecular weight excluding hydrogens is 209 g/mol. The lowest BCUT2D eigenvalue weighted by molar-refractivity contribution is 0.206. The Morgan fingerprint density at radius 2 is 2.12 bits per heavy atom. The average Bonchev–Trinajstić information content (AvgIpc) is 2.63. The molecule has 1 aromatic rings. The summed E-state index contributed by atoms with van der Waals surface area (Å²) in [6.07, 6.45) is 0. The Balaban J connectivity index is 2.19. The van der Waals surface area contributed by atoms with Gasteiger partial charge in [-0.2, -0.15) is 0 Å². The number of hydrogen-bond donors (Lipinski definition) is 2. The van der Waals surface area contributed by atoms with Crippen molar-refractivity contribution in [2.45, 2.75) is 6.04 Å². The summed E-state index contributed by atoms with van der Waals surface area (Å²) in [6.45, 7) is 1.48. The summed E-state index contributed by atoms with van der Waals surface area (Å²) in [4.78, 5) is 13.2. The molecule has 1 aliphatic heterocycles. The zero-order valence-electron chi connectivity index (χ0n) is 8.82. The predicted molar refractivity (Wildman–Crippen MR) is 58.3 cm³/mol. The van der Waals surface area contributed by atoms with Gasteiger partial charge in [-0.3, -0.25) is 0 Å². The second kappa shape index (κ2) is 4.49. The van der Waals surface area contributed by atoms with Crippen LogP contribution in [0.4, 0.5) is 9.18 Å². The molecule has 0 bridgehead atoms. The maximum atomic E-state index is 12.8. The van der Waals surface area contributed by atoms with Crippen molar-refractivity contribution in [3.63, 3.8) is 0 Å². The smallest absolute Gasteiger partial charge is 0.318 e. The molecule has 0 radical (unpaired) electrons. The molecule has 0 saturated carbocycles. The normalized spacial score (nSPS) is 20.0. The summed E-state index contributed by atoms with van der Waals surface area (Å²) in [5, 5.41) is 2.76. The molecule has 0 spiro atoms.